The Hall–Kier alpha value is -1.97. The van der Waals surface area contributed by atoms with Gasteiger partial charge in [-0.05, 0) is 12.1 Å². The molecule has 4 nitrogen and oxygen atoms in total. The van der Waals surface area contributed by atoms with Crippen LogP contribution in [0.1, 0.15) is 0 Å². The van der Waals surface area contributed by atoms with E-state index in [1.807, 2.05) is 31.1 Å². The SMILES string of the molecule is CN(C)c1cnc(-c2ccncc2)cn1. The maximum Gasteiger partial charge on any atom is 0.146 e. The van der Waals surface area contributed by atoms with E-state index >= 15 is 0 Å². The number of pyridine rings is 1. The molecule has 0 atom stereocenters. The van der Waals surface area contributed by atoms with Gasteiger partial charge in [0, 0.05) is 32.1 Å². The van der Waals surface area contributed by atoms with Gasteiger partial charge in [-0.25, -0.2) is 4.98 Å². The number of anilines is 1. The van der Waals surface area contributed by atoms with E-state index in [0.29, 0.717) is 0 Å². The molecule has 0 N–H and O–H groups in total. The molecule has 0 fully saturated rings. The first-order valence-corrected chi connectivity index (χ1v) is 4.67. The number of hydrogen-bond acceptors (Lipinski definition) is 4. The van der Waals surface area contributed by atoms with Crippen LogP contribution in [0, 0.1) is 0 Å². The summed E-state index contributed by atoms with van der Waals surface area (Å²) in [5, 5.41) is 0. The highest BCUT2D eigenvalue weighted by molar-refractivity contribution is 5.57. The first kappa shape index (κ1) is 9.58. The molecule has 0 bridgehead atoms. The molecule has 0 aliphatic carbocycles. The van der Waals surface area contributed by atoms with Gasteiger partial charge in [0.25, 0.3) is 0 Å². The molecule has 76 valence electrons. The molecule has 2 heterocycles. The van der Waals surface area contributed by atoms with Gasteiger partial charge in [0.15, 0.2) is 0 Å². The summed E-state index contributed by atoms with van der Waals surface area (Å²) >= 11 is 0. The molecule has 0 aromatic carbocycles. The molecule has 0 spiro atoms. The highest BCUT2D eigenvalue weighted by Crippen LogP contribution is 2.15. The lowest BCUT2D eigenvalue weighted by atomic mass is 10.2. The molecule has 2 aromatic heterocycles. The predicted molar refractivity (Wildman–Crippen MR) is 59.6 cm³/mol. The molecule has 0 aliphatic heterocycles. The molecule has 2 aromatic rings. The van der Waals surface area contributed by atoms with E-state index in [0.717, 1.165) is 17.1 Å². The van der Waals surface area contributed by atoms with E-state index in [4.69, 9.17) is 0 Å². The van der Waals surface area contributed by atoms with Gasteiger partial charge in [0.05, 0.1) is 18.1 Å². The summed E-state index contributed by atoms with van der Waals surface area (Å²) in [6.45, 7) is 0. The van der Waals surface area contributed by atoms with Crippen molar-refractivity contribution < 1.29 is 0 Å². The minimum Gasteiger partial charge on any atom is -0.361 e. The van der Waals surface area contributed by atoms with Crippen molar-refractivity contribution in [3.05, 3.63) is 36.9 Å². The van der Waals surface area contributed by atoms with Crippen molar-refractivity contribution in [2.45, 2.75) is 0 Å². The summed E-state index contributed by atoms with van der Waals surface area (Å²) in [5.74, 6) is 0.854. The van der Waals surface area contributed by atoms with Gasteiger partial charge < -0.3 is 4.90 Å². The lowest BCUT2D eigenvalue weighted by molar-refractivity contribution is 1.04. The van der Waals surface area contributed by atoms with E-state index in [9.17, 15) is 0 Å². The zero-order valence-corrected chi connectivity index (χ0v) is 8.75. The van der Waals surface area contributed by atoms with Crippen LogP contribution in [0.3, 0.4) is 0 Å². The summed E-state index contributed by atoms with van der Waals surface area (Å²) in [4.78, 5) is 14.5. The molecule has 0 saturated heterocycles. The van der Waals surface area contributed by atoms with Gasteiger partial charge >= 0.3 is 0 Å². The minimum atomic E-state index is 0.854. The molecule has 0 radical (unpaired) electrons. The predicted octanol–water partition coefficient (Wildman–Crippen LogP) is 1.60. The molecular formula is C11H12N4. The van der Waals surface area contributed by atoms with Crippen molar-refractivity contribution in [2.24, 2.45) is 0 Å². The maximum atomic E-state index is 4.34. The highest BCUT2D eigenvalue weighted by Gasteiger charge is 2.00. The topological polar surface area (TPSA) is 41.9 Å². The lowest BCUT2D eigenvalue weighted by Gasteiger charge is -2.10. The van der Waals surface area contributed by atoms with Crippen LogP contribution < -0.4 is 4.90 Å². The van der Waals surface area contributed by atoms with Crippen molar-refractivity contribution in [1.82, 2.24) is 15.0 Å². The number of nitrogens with zero attached hydrogens (tertiary/aromatic N) is 4. The third kappa shape index (κ3) is 2.10. The van der Waals surface area contributed by atoms with Gasteiger partial charge in [-0.1, -0.05) is 0 Å². The second-order valence-corrected chi connectivity index (χ2v) is 3.39. The summed E-state index contributed by atoms with van der Waals surface area (Å²) < 4.78 is 0. The second kappa shape index (κ2) is 4.04. The first-order chi connectivity index (χ1) is 7.27. The summed E-state index contributed by atoms with van der Waals surface area (Å²) in [7, 11) is 3.88. The minimum absolute atomic E-state index is 0.854. The van der Waals surface area contributed by atoms with Crippen LogP contribution >= 0.6 is 0 Å². The summed E-state index contributed by atoms with van der Waals surface area (Å²) in [5.41, 5.74) is 1.89. The Labute approximate surface area is 88.6 Å². The van der Waals surface area contributed by atoms with Gasteiger partial charge in [0.2, 0.25) is 0 Å². The maximum absolute atomic E-state index is 4.34. The summed E-state index contributed by atoms with van der Waals surface area (Å²) in [6.07, 6.45) is 7.02. The average Bonchev–Trinajstić information content (AvgIpc) is 2.30. The molecule has 4 heteroatoms. The van der Waals surface area contributed by atoms with E-state index < -0.39 is 0 Å². The first-order valence-electron chi connectivity index (χ1n) is 4.67. The molecule has 0 unspecified atom stereocenters. The normalized spacial score (nSPS) is 10.0. The van der Waals surface area contributed by atoms with Crippen molar-refractivity contribution >= 4 is 5.82 Å². The van der Waals surface area contributed by atoms with Crippen LogP contribution in [0.2, 0.25) is 0 Å². The number of rotatable bonds is 2. The Morgan fingerprint density at radius 2 is 1.73 bits per heavy atom. The number of hydrogen-bond donors (Lipinski definition) is 0. The smallest absolute Gasteiger partial charge is 0.146 e. The van der Waals surface area contributed by atoms with Crippen LogP contribution in [-0.2, 0) is 0 Å². The fraction of sp³-hybridized carbons (Fsp3) is 0.182. The Balaban J connectivity index is 2.32. The van der Waals surface area contributed by atoms with Gasteiger partial charge in [-0.15, -0.1) is 0 Å². The van der Waals surface area contributed by atoms with Crippen molar-refractivity contribution in [2.75, 3.05) is 19.0 Å². The third-order valence-electron chi connectivity index (χ3n) is 2.07. The summed E-state index contributed by atoms with van der Waals surface area (Å²) in [6, 6.07) is 3.83. The van der Waals surface area contributed by atoms with E-state index in [-0.39, 0.29) is 0 Å². The van der Waals surface area contributed by atoms with Crippen LogP contribution in [0.4, 0.5) is 5.82 Å². The van der Waals surface area contributed by atoms with Crippen molar-refractivity contribution in [3.63, 3.8) is 0 Å². The third-order valence-corrected chi connectivity index (χ3v) is 2.07. The molecule has 0 saturated carbocycles. The van der Waals surface area contributed by atoms with Crippen molar-refractivity contribution in [1.29, 1.82) is 0 Å². The lowest BCUT2D eigenvalue weighted by Crippen LogP contribution is -2.10. The monoisotopic (exact) mass is 200 g/mol. The van der Waals surface area contributed by atoms with E-state index in [2.05, 4.69) is 15.0 Å². The molecule has 15 heavy (non-hydrogen) atoms. The fourth-order valence-corrected chi connectivity index (χ4v) is 1.22. The second-order valence-electron chi connectivity index (χ2n) is 3.39. The fourth-order valence-electron chi connectivity index (χ4n) is 1.22. The Kier molecular flexibility index (Phi) is 2.58. The quantitative estimate of drug-likeness (QED) is 0.738. The zero-order chi connectivity index (χ0) is 10.7. The van der Waals surface area contributed by atoms with Gasteiger partial charge in [-0.2, -0.15) is 0 Å². The van der Waals surface area contributed by atoms with E-state index in [1.165, 1.54) is 0 Å². The van der Waals surface area contributed by atoms with Crippen LogP contribution in [0.15, 0.2) is 36.9 Å². The largest absolute Gasteiger partial charge is 0.361 e. The Morgan fingerprint density at radius 3 is 2.27 bits per heavy atom. The van der Waals surface area contributed by atoms with Crippen LogP contribution in [0.25, 0.3) is 11.3 Å². The molecule has 0 amide bonds. The zero-order valence-electron chi connectivity index (χ0n) is 8.75. The average molecular weight is 200 g/mol. The number of aromatic nitrogens is 3. The van der Waals surface area contributed by atoms with Gasteiger partial charge in [-0.3, -0.25) is 9.97 Å². The van der Waals surface area contributed by atoms with Gasteiger partial charge in [0.1, 0.15) is 5.82 Å². The van der Waals surface area contributed by atoms with Crippen molar-refractivity contribution in [3.8, 4) is 11.3 Å². The molecule has 2 rings (SSSR count). The standard InChI is InChI=1S/C11H12N4/c1-15(2)11-8-13-10(7-14-11)9-3-5-12-6-4-9/h3-8H,1-2H3. The van der Waals surface area contributed by atoms with Crippen LogP contribution in [0.5, 0.6) is 0 Å². The Morgan fingerprint density at radius 1 is 1.00 bits per heavy atom. The van der Waals surface area contributed by atoms with Crippen LogP contribution in [-0.4, -0.2) is 29.0 Å². The highest BCUT2D eigenvalue weighted by atomic mass is 15.1. The molecule has 0 aliphatic rings. The molecular weight excluding hydrogens is 188 g/mol. The van der Waals surface area contributed by atoms with E-state index in [1.54, 1.807) is 24.8 Å². The Bertz CT molecular complexity index is 422.